The molecule has 0 radical (unpaired) electrons. The third kappa shape index (κ3) is 10.5. The molecule has 4 atom stereocenters. The molecule has 49 heavy (non-hydrogen) atoms. The molecule has 0 fully saturated rings. The van der Waals surface area contributed by atoms with Gasteiger partial charge in [0.15, 0.2) is 6.61 Å². The van der Waals surface area contributed by atoms with Crippen LogP contribution in [-0.2, 0) is 49.7 Å². The van der Waals surface area contributed by atoms with Crippen LogP contribution in [0.1, 0.15) is 21.6 Å². The summed E-state index contributed by atoms with van der Waals surface area (Å²) < 4.78 is 6.48. The van der Waals surface area contributed by atoms with Crippen molar-refractivity contribution in [3.05, 3.63) is 122 Å². The molecule has 2 aliphatic heterocycles. The van der Waals surface area contributed by atoms with Gasteiger partial charge < -0.3 is 31.1 Å². The highest BCUT2D eigenvalue weighted by molar-refractivity contribution is 9.10. The van der Waals surface area contributed by atoms with E-state index in [1.54, 1.807) is 60.7 Å². The van der Waals surface area contributed by atoms with Crippen LogP contribution in [-0.4, -0.2) is 65.5 Å². The van der Waals surface area contributed by atoms with Gasteiger partial charge in [-0.3, -0.25) is 19.2 Å². The predicted molar refractivity (Wildman–Crippen MR) is 187 cm³/mol. The van der Waals surface area contributed by atoms with Crippen molar-refractivity contribution < 1.29 is 33.8 Å². The fourth-order valence-corrected chi connectivity index (χ4v) is 6.34. The Kier molecular flexibility index (Phi) is 12.2. The Balaban J connectivity index is 1.50. The topological polar surface area (TPSA) is 163 Å². The average molecular weight is 748 g/mol. The lowest BCUT2D eigenvalue weighted by molar-refractivity contribution is -0.142. The zero-order chi connectivity index (χ0) is 34.8. The molecule has 0 spiro atoms. The van der Waals surface area contributed by atoms with E-state index in [-0.39, 0.29) is 32.3 Å². The molecule has 4 amide bonds. The summed E-state index contributed by atoms with van der Waals surface area (Å²) in [6.07, 6.45) is 0.262. The van der Waals surface area contributed by atoms with Crippen molar-refractivity contribution in [2.45, 2.75) is 49.9 Å². The molecule has 11 nitrogen and oxygen atoms in total. The van der Waals surface area contributed by atoms with Crippen molar-refractivity contribution in [2.24, 2.45) is 0 Å². The molecule has 6 rings (SSSR count). The number of ether oxygens (including phenoxy) is 1. The largest absolute Gasteiger partial charge is 0.484 e. The van der Waals surface area contributed by atoms with Gasteiger partial charge in [0.25, 0.3) is 5.91 Å². The van der Waals surface area contributed by atoms with Crippen molar-refractivity contribution in [1.29, 1.82) is 0 Å². The van der Waals surface area contributed by atoms with Crippen LogP contribution in [0.2, 0.25) is 0 Å². The second-order valence-electron chi connectivity index (χ2n) is 11.6. The lowest BCUT2D eigenvalue weighted by Crippen LogP contribution is -2.59. The summed E-state index contributed by atoms with van der Waals surface area (Å²) >= 11 is 4.84. The Morgan fingerprint density at radius 1 is 0.714 bits per heavy atom. The molecule has 1 aromatic heterocycles. The summed E-state index contributed by atoms with van der Waals surface area (Å²) in [6.45, 7) is -0.384. The van der Waals surface area contributed by atoms with Gasteiger partial charge in [-0.2, -0.15) is 0 Å². The quantitative estimate of drug-likeness (QED) is 0.182. The van der Waals surface area contributed by atoms with Crippen LogP contribution >= 0.6 is 27.3 Å². The summed E-state index contributed by atoms with van der Waals surface area (Å²) in [5.74, 6) is -3.39. The fraction of sp³-hybridized carbons (Fsp3) is 0.250. The van der Waals surface area contributed by atoms with E-state index in [1.807, 2.05) is 35.7 Å². The van der Waals surface area contributed by atoms with E-state index in [4.69, 9.17) is 4.74 Å². The first-order valence-electron chi connectivity index (χ1n) is 15.6. The van der Waals surface area contributed by atoms with Crippen molar-refractivity contribution in [3.63, 3.8) is 0 Å². The maximum absolute atomic E-state index is 14.1. The Bertz CT molecular complexity index is 1750. The highest BCUT2D eigenvalue weighted by Crippen LogP contribution is 2.17. The number of thiophene rings is 1. The van der Waals surface area contributed by atoms with Gasteiger partial charge in [0.2, 0.25) is 17.7 Å². The van der Waals surface area contributed by atoms with E-state index in [0.29, 0.717) is 11.3 Å². The number of benzene rings is 3. The molecular weight excluding hydrogens is 712 g/mol. The summed E-state index contributed by atoms with van der Waals surface area (Å²) in [6, 6.07) is 21.7. The van der Waals surface area contributed by atoms with E-state index in [9.17, 15) is 29.1 Å². The highest BCUT2D eigenvalue weighted by atomic mass is 79.9. The number of nitrogens with one attached hydrogen (secondary N) is 4. The minimum absolute atomic E-state index is 0.0412. The van der Waals surface area contributed by atoms with Crippen molar-refractivity contribution in [1.82, 2.24) is 21.3 Å². The molecule has 254 valence electrons. The van der Waals surface area contributed by atoms with Crippen LogP contribution < -0.4 is 26.0 Å². The maximum Gasteiger partial charge on any atom is 0.326 e. The summed E-state index contributed by atoms with van der Waals surface area (Å²) in [4.78, 5) is 67.9. The molecule has 0 saturated heterocycles. The number of hydrogen-bond acceptors (Lipinski definition) is 7. The van der Waals surface area contributed by atoms with Crippen LogP contribution in [0.4, 0.5) is 0 Å². The lowest BCUT2D eigenvalue weighted by Gasteiger charge is -2.26. The van der Waals surface area contributed by atoms with E-state index in [1.165, 1.54) is 11.3 Å². The number of carbonyl (C=O) groups is 5. The summed E-state index contributed by atoms with van der Waals surface area (Å²) in [7, 11) is 0. The number of hydrogen-bond donors (Lipinski definition) is 5. The highest BCUT2D eigenvalue weighted by Gasteiger charge is 2.32. The molecule has 2 aliphatic rings. The van der Waals surface area contributed by atoms with Gasteiger partial charge >= 0.3 is 5.97 Å². The molecule has 13 heteroatoms. The van der Waals surface area contributed by atoms with Gasteiger partial charge in [0, 0.05) is 35.0 Å². The van der Waals surface area contributed by atoms with Crippen molar-refractivity contribution >= 4 is 56.9 Å². The first-order valence-corrected chi connectivity index (χ1v) is 17.3. The normalized spacial score (nSPS) is 20.8. The van der Waals surface area contributed by atoms with Crippen molar-refractivity contribution in [2.75, 3.05) is 6.61 Å². The standard InChI is InChI=1S/C36H35BrN4O7S/c37-25-12-8-23(9-13-25)18-29-33(43)39-28(17-22-5-2-1-3-6-22)34(44)41-31(36(46)47)19-24-10-14-26(15-11-24)48-21-32(42)38-30(35(45)40-29)20-27-7-4-16-49-27/h1-16,28-31H,17-21H2,(H,38,42)(H,39,43)(H,40,45)(H,41,44)(H,46,47). The number of amides is 4. The molecule has 3 heterocycles. The number of carbonyl (C=O) groups excluding carboxylic acids is 4. The zero-order valence-electron chi connectivity index (χ0n) is 26.3. The van der Waals surface area contributed by atoms with Gasteiger partial charge in [0.1, 0.15) is 29.9 Å². The monoisotopic (exact) mass is 746 g/mol. The Morgan fingerprint density at radius 3 is 1.90 bits per heavy atom. The Hall–Kier alpha value is -5.01. The second-order valence-corrected chi connectivity index (χ2v) is 13.5. The lowest BCUT2D eigenvalue weighted by atomic mass is 10.0. The van der Waals surface area contributed by atoms with Crippen LogP contribution in [0, 0.1) is 0 Å². The third-order valence-corrected chi connectivity index (χ3v) is 9.31. The minimum Gasteiger partial charge on any atom is -0.484 e. The zero-order valence-corrected chi connectivity index (χ0v) is 28.7. The minimum atomic E-state index is -1.31. The van der Waals surface area contributed by atoms with E-state index >= 15 is 0 Å². The van der Waals surface area contributed by atoms with E-state index in [2.05, 4.69) is 37.2 Å². The molecule has 0 aliphatic carbocycles. The first kappa shape index (κ1) is 35.3. The fourth-order valence-electron chi connectivity index (χ4n) is 5.32. The van der Waals surface area contributed by atoms with Crippen LogP contribution in [0.5, 0.6) is 5.75 Å². The number of carboxylic acids is 1. The van der Waals surface area contributed by atoms with Crippen LogP contribution in [0.15, 0.2) is 101 Å². The van der Waals surface area contributed by atoms with Crippen LogP contribution in [0.3, 0.4) is 0 Å². The number of fused-ring (bicyclic) bond motifs is 16. The number of carboxylic acid groups (broad SMARTS) is 1. The summed E-state index contributed by atoms with van der Waals surface area (Å²) in [5.41, 5.74) is 2.07. The SMILES string of the molecule is O=C1COc2ccc(cc2)CC(C(=O)O)NC(=O)C(Cc2ccccc2)NC(=O)C(Cc2ccc(Br)cc2)NC(=O)C(Cc2cccs2)N1. The molecule has 4 unspecified atom stereocenters. The van der Waals surface area contributed by atoms with Gasteiger partial charge in [-0.1, -0.05) is 76.6 Å². The molecule has 3 aromatic carbocycles. The smallest absolute Gasteiger partial charge is 0.326 e. The summed E-state index contributed by atoms with van der Waals surface area (Å²) in [5, 5.41) is 22.8. The van der Waals surface area contributed by atoms with Gasteiger partial charge in [-0.15, -0.1) is 11.3 Å². The molecule has 5 N–H and O–H groups in total. The first-order chi connectivity index (χ1) is 23.6. The molecule has 4 aromatic rings. The molecule has 0 saturated carbocycles. The molecule has 2 bridgehead atoms. The van der Waals surface area contributed by atoms with Crippen LogP contribution in [0.25, 0.3) is 0 Å². The number of aliphatic carboxylic acids is 1. The average Bonchev–Trinajstić information content (AvgIpc) is 3.61. The van der Waals surface area contributed by atoms with Gasteiger partial charge in [0.05, 0.1) is 0 Å². The number of rotatable bonds is 7. The van der Waals surface area contributed by atoms with Crippen molar-refractivity contribution in [3.8, 4) is 5.75 Å². The van der Waals surface area contributed by atoms with E-state index < -0.39 is 53.8 Å². The Labute approximate surface area is 295 Å². The van der Waals surface area contributed by atoms with Gasteiger partial charge in [-0.05, 0) is 52.4 Å². The predicted octanol–water partition coefficient (Wildman–Crippen LogP) is 3.20. The van der Waals surface area contributed by atoms with E-state index in [0.717, 1.165) is 20.5 Å². The number of halogens is 1. The molecular formula is C36H35BrN4O7S. The third-order valence-electron chi connectivity index (χ3n) is 7.89. The Morgan fingerprint density at radius 2 is 1.31 bits per heavy atom. The van der Waals surface area contributed by atoms with Gasteiger partial charge in [-0.25, -0.2) is 4.79 Å². The second kappa shape index (κ2) is 16.9. The maximum atomic E-state index is 14.1.